The maximum atomic E-state index is 11.9. The second-order valence-electron chi connectivity index (χ2n) is 4.89. The first-order valence-electron chi connectivity index (χ1n) is 6.39. The summed E-state index contributed by atoms with van der Waals surface area (Å²) in [5.74, 6) is -0.791. The molecule has 0 aromatic rings. The van der Waals surface area contributed by atoms with Crippen molar-refractivity contribution in [3.8, 4) is 0 Å². The molecule has 1 aliphatic rings. The standard InChI is InChI=1S/C12H22N2O4/c1-3-10(6-11(16)17)13-12(18)14-5-4-9(7-14)8(2)15/h8-10,15H,3-7H2,1-2H3,(H,13,18)(H,16,17). The number of aliphatic hydroxyl groups excluding tert-OH is 1. The minimum absolute atomic E-state index is 0.0596. The lowest BCUT2D eigenvalue weighted by Crippen LogP contribution is -2.44. The Kier molecular flexibility index (Phi) is 5.40. The molecule has 0 spiro atoms. The number of likely N-dealkylation sites (tertiary alicyclic amines) is 1. The Balaban J connectivity index is 2.43. The first kappa shape index (κ1) is 14.8. The van der Waals surface area contributed by atoms with Gasteiger partial charge in [0.05, 0.1) is 12.5 Å². The monoisotopic (exact) mass is 258 g/mol. The predicted octanol–water partition coefficient (Wildman–Crippen LogP) is 0.652. The van der Waals surface area contributed by atoms with Gasteiger partial charge in [0, 0.05) is 25.0 Å². The number of hydrogen-bond donors (Lipinski definition) is 3. The molecule has 3 atom stereocenters. The third kappa shape index (κ3) is 4.18. The van der Waals surface area contributed by atoms with Crippen LogP contribution < -0.4 is 5.32 Å². The van der Waals surface area contributed by atoms with Crippen molar-refractivity contribution in [1.82, 2.24) is 10.2 Å². The summed E-state index contributed by atoms with van der Waals surface area (Å²) in [5, 5.41) is 20.9. The summed E-state index contributed by atoms with van der Waals surface area (Å²) in [6.07, 6.45) is 0.909. The quantitative estimate of drug-likeness (QED) is 0.675. The molecule has 0 aromatic carbocycles. The first-order valence-corrected chi connectivity index (χ1v) is 6.39. The number of rotatable bonds is 5. The summed E-state index contributed by atoms with van der Waals surface area (Å²) >= 11 is 0. The van der Waals surface area contributed by atoms with Crippen LogP contribution in [0.3, 0.4) is 0 Å². The molecule has 1 saturated heterocycles. The van der Waals surface area contributed by atoms with Crippen LogP contribution in [0, 0.1) is 5.92 Å². The van der Waals surface area contributed by atoms with E-state index >= 15 is 0 Å². The SMILES string of the molecule is CCC(CC(=O)O)NC(=O)N1CCC(C(C)O)C1. The lowest BCUT2D eigenvalue weighted by Gasteiger charge is -2.22. The zero-order chi connectivity index (χ0) is 13.7. The van der Waals surface area contributed by atoms with E-state index in [1.165, 1.54) is 0 Å². The molecular formula is C12H22N2O4. The van der Waals surface area contributed by atoms with Gasteiger partial charge in [0.1, 0.15) is 0 Å². The van der Waals surface area contributed by atoms with E-state index in [2.05, 4.69) is 5.32 Å². The lowest BCUT2D eigenvalue weighted by atomic mass is 10.0. The van der Waals surface area contributed by atoms with Crippen LogP contribution in [0.1, 0.15) is 33.1 Å². The molecule has 3 N–H and O–H groups in total. The number of carbonyl (C=O) groups excluding carboxylic acids is 1. The molecule has 2 amide bonds. The summed E-state index contributed by atoms with van der Waals surface area (Å²) in [5.41, 5.74) is 0. The number of carboxylic acids is 1. The van der Waals surface area contributed by atoms with Crippen molar-refractivity contribution in [3.05, 3.63) is 0 Å². The van der Waals surface area contributed by atoms with Gasteiger partial charge in [0.15, 0.2) is 0 Å². The minimum Gasteiger partial charge on any atom is -0.481 e. The van der Waals surface area contributed by atoms with Gasteiger partial charge in [-0.15, -0.1) is 0 Å². The Labute approximate surface area is 107 Å². The number of urea groups is 1. The number of hydrogen-bond acceptors (Lipinski definition) is 3. The van der Waals surface area contributed by atoms with Crippen molar-refractivity contribution in [2.24, 2.45) is 5.92 Å². The minimum atomic E-state index is -0.912. The second-order valence-corrected chi connectivity index (χ2v) is 4.89. The Morgan fingerprint density at radius 3 is 2.61 bits per heavy atom. The maximum absolute atomic E-state index is 11.9. The van der Waals surface area contributed by atoms with Crippen LogP contribution in [-0.2, 0) is 4.79 Å². The predicted molar refractivity (Wildman–Crippen MR) is 66.2 cm³/mol. The van der Waals surface area contributed by atoms with Crippen LogP contribution in [0.5, 0.6) is 0 Å². The molecule has 18 heavy (non-hydrogen) atoms. The fourth-order valence-corrected chi connectivity index (χ4v) is 2.14. The number of carbonyl (C=O) groups is 2. The maximum Gasteiger partial charge on any atom is 0.317 e. The molecule has 6 nitrogen and oxygen atoms in total. The fourth-order valence-electron chi connectivity index (χ4n) is 2.14. The van der Waals surface area contributed by atoms with Crippen LogP contribution >= 0.6 is 0 Å². The number of aliphatic hydroxyl groups is 1. The lowest BCUT2D eigenvalue weighted by molar-refractivity contribution is -0.137. The van der Waals surface area contributed by atoms with Crippen molar-refractivity contribution in [2.75, 3.05) is 13.1 Å². The van der Waals surface area contributed by atoms with Gasteiger partial charge in [0.2, 0.25) is 0 Å². The molecule has 0 aliphatic carbocycles. The molecule has 1 rings (SSSR count). The molecule has 0 aromatic heterocycles. The van der Waals surface area contributed by atoms with Crippen LogP contribution in [-0.4, -0.2) is 52.3 Å². The molecule has 0 bridgehead atoms. The average molecular weight is 258 g/mol. The summed E-state index contributed by atoms with van der Waals surface area (Å²) < 4.78 is 0. The van der Waals surface area contributed by atoms with Crippen molar-refractivity contribution in [1.29, 1.82) is 0 Å². The summed E-state index contributed by atoms with van der Waals surface area (Å²) in [6.45, 7) is 4.72. The van der Waals surface area contributed by atoms with E-state index in [0.717, 1.165) is 6.42 Å². The van der Waals surface area contributed by atoms with Crippen LogP contribution in [0.15, 0.2) is 0 Å². The van der Waals surface area contributed by atoms with Crippen LogP contribution in [0.4, 0.5) is 4.79 Å². The Morgan fingerprint density at radius 1 is 1.50 bits per heavy atom. The summed E-state index contributed by atoms with van der Waals surface area (Å²) in [4.78, 5) is 24.2. The normalized spacial score (nSPS) is 22.6. The molecule has 0 saturated carbocycles. The molecule has 1 aliphatic heterocycles. The summed E-state index contributed by atoms with van der Waals surface area (Å²) in [6, 6.07) is -0.563. The van der Waals surface area contributed by atoms with E-state index in [1.54, 1.807) is 11.8 Å². The Bertz CT molecular complexity index is 306. The van der Waals surface area contributed by atoms with E-state index in [9.17, 15) is 14.7 Å². The molecule has 0 radical (unpaired) electrons. The van der Waals surface area contributed by atoms with Crippen molar-refractivity contribution >= 4 is 12.0 Å². The van der Waals surface area contributed by atoms with E-state index in [-0.39, 0.29) is 24.4 Å². The molecule has 1 fully saturated rings. The van der Waals surface area contributed by atoms with Gasteiger partial charge in [-0.2, -0.15) is 0 Å². The van der Waals surface area contributed by atoms with Gasteiger partial charge in [-0.05, 0) is 19.8 Å². The Hall–Kier alpha value is -1.30. The fraction of sp³-hybridized carbons (Fsp3) is 0.833. The van der Waals surface area contributed by atoms with E-state index < -0.39 is 12.1 Å². The Morgan fingerprint density at radius 2 is 2.17 bits per heavy atom. The van der Waals surface area contributed by atoms with Crippen LogP contribution in [0.25, 0.3) is 0 Å². The second kappa shape index (κ2) is 6.58. The molecular weight excluding hydrogens is 236 g/mol. The average Bonchev–Trinajstić information content (AvgIpc) is 2.76. The first-order chi connectivity index (χ1) is 8.43. The third-order valence-corrected chi connectivity index (χ3v) is 3.44. The van der Waals surface area contributed by atoms with Gasteiger partial charge in [0.25, 0.3) is 0 Å². The highest BCUT2D eigenvalue weighted by molar-refractivity contribution is 5.76. The van der Waals surface area contributed by atoms with E-state index in [0.29, 0.717) is 19.5 Å². The molecule has 1 heterocycles. The number of carboxylic acid groups (broad SMARTS) is 1. The number of nitrogens with zero attached hydrogens (tertiary/aromatic N) is 1. The smallest absolute Gasteiger partial charge is 0.317 e. The molecule has 6 heteroatoms. The third-order valence-electron chi connectivity index (χ3n) is 3.44. The molecule has 104 valence electrons. The van der Waals surface area contributed by atoms with Crippen molar-refractivity contribution in [2.45, 2.75) is 45.3 Å². The summed E-state index contributed by atoms with van der Waals surface area (Å²) in [7, 11) is 0. The zero-order valence-corrected chi connectivity index (χ0v) is 10.9. The van der Waals surface area contributed by atoms with Gasteiger partial charge < -0.3 is 20.4 Å². The number of amides is 2. The van der Waals surface area contributed by atoms with Crippen molar-refractivity contribution < 1.29 is 19.8 Å². The highest BCUT2D eigenvalue weighted by atomic mass is 16.4. The zero-order valence-electron chi connectivity index (χ0n) is 10.9. The van der Waals surface area contributed by atoms with Gasteiger partial charge in [-0.1, -0.05) is 6.92 Å². The van der Waals surface area contributed by atoms with Gasteiger partial charge in [-0.3, -0.25) is 4.79 Å². The van der Waals surface area contributed by atoms with E-state index in [4.69, 9.17) is 5.11 Å². The largest absolute Gasteiger partial charge is 0.481 e. The van der Waals surface area contributed by atoms with Gasteiger partial charge in [-0.25, -0.2) is 4.79 Å². The number of aliphatic carboxylic acids is 1. The van der Waals surface area contributed by atoms with E-state index in [1.807, 2.05) is 6.92 Å². The van der Waals surface area contributed by atoms with Crippen molar-refractivity contribution in [3.63, 3.8) is 0 Å². The molecule has 3 unspecified atom stereocenters. The topological polar surface area (TPSA) is 89.9 Å². The van der Waals surface area contributed by atoms with Crippen LogP contribution in [0.2, 0.25) is 0 Å². The number of nitrogens with one attached hydrogen (secondary N) is 1. The van der Waals surface area contributed by atoms with Gasteiger partial charge >= 0.3 is 12.0 Å². The highest BCUT2D eigenvalue weighted by Crippen LogP contribution is 2.19. The highest BCUT2D eigenvalue weighted by Gasteiger charge is 2.29.